The standard InChI is InChI=1S/C23H35N5O/c1-4-24-22(25-13-8-14-28-20(3)17-19(2)27-28)26-18-23(11-15-29-16-12-23)21-9-6-5-7-10-21/h5-7,9-10,17H,4,8,11-16,18H2,1-3H3,(H2,24,25,26). The number of nitrogens with one attached hydrogen (secondary N) is 2. The zero-order chi connectivity index (χ0) is 20.5. The molecule has 1 aromatic heterocycles. The highest BCUT2D eigenvalue weighted by Crippen LogP contribution is 2.35. The summed E-state index contributed by atoms with van der Waals surface area (Å²) in [7, 11) is 0. The summed E-state index contributed by atoms with van der Waals surface area (Å²) in [5.41, 5.74) is 3.72. The van der Waals surface area contributed by atoms with E-state index in [1.165, 1.54) is 11.3 Å². The Morgan fingerprint density at radius 1 is 1.17 bits per heavy atom. The molecule has 2 N–H and O–H groups in total. The summed E-state index contributed by atoms with van der Waals surface area (Å²) in [6.45, 7) is 11.3. The number of benzene rings is 1. The Hall–Kier alpha value is -2.34. The van der Waals surface area contributed by atoms with E-state index in [0.29, 0.717) is 0 Å². The minimum atomic E-state index is 0.0611. The topological polar surface area (TPSA) is 63.5 Å². The smallest absolute Gasteiger partial charge is 0.191 e. The molecule has 0 saturated carbocycles. The van der Waals surface area contributed by atoms with E-state index >= 15 is 0 Å². The summed E-state index contributed by atoms with van der Waals surface area (Å²) < 4.78 is 7.72. The molecule has 6 heteroatoms. The second kappa shape index (κ2) is 10.4. The first-order valence-electron chi connectivity index (χ1n) is 10.8. The summed E-state index contributed by atoms with van der Waals surface area (Å²) >= 11 is 0. The van der Waals surface area contributed by atoms with E-state index in [4.69, 9.17) is 9.73 Å². The van der Waals surface area contributed by atoms with Gasteiger partial charge in [0.15, 0.2) is 5.96 Å². The van der Waals surface area contributed by atoms with Gasteiger partial charge in [-0.05, 0) is 51.7 Å². The Balaban J connectivity index is 1.60. The van der Waals surface area contributed by atoms with Gasteiger partial charge in [-0.2, -0.15) is 5.10 Å². The number of aryl methyl sites for hydroxylation is 3. The number of hydrogen-bond donors (Lipinski definition) is 2. The van der Waals surface area contributed by atoms with Crippen LogP contribution in [0.4, 0.5) is 0 Å². The van der Waals surface area contributed by atoms with E-state index in [1.807, 2.05) is 6.92 Å². The lowest BCUT2D eigenvalue weighted by atomic mass is 9.74. The molecule has 1 aliphatic heterocycles. The molecule has 29 heavy (non-hydrogen) atoms. The van der Waals surface area contributed by atoms with Gasteiger partial charge in [-0.25, -0.2) is 0 Å². The van der Waals surface area contributed by atoms with Gasteiger partial charge in [-0.3, -0.25) is 9.67 Å². The highest BCUT2D eigenvalue weighted by Gasteiger charge is 2.34. The Kier molecular flexibility index (Phi) is 7.69. The van der Waals surface area contributed by atoms with Crippen molar-refractivity contribution in [3.05, 3.63) is 53.3 Å². The van der Waals surface area contributed by atoms with Crippen LogP contribution in [0, 0.1) is 13.8 Å². The summed E-state index contributed by atoms with van der Waals surface area (Å²) in [5, 5.41) is 11.4. The van der Waals surface area contributed by atoms with Gasteiger partial charge in [0.25, 0.3) is 0 Å². The monoisotopic (exact) mass is 397 g/mol. The number of guanidine groups is 1. The maximum atomic E-state index is 5.65. The van der Waals surface area contributed by atoms with Crippen LogP contribution in [0.25, 0.3) is 0 Å². The number of nitrogens with zero attached hydrogens (tertiary/aromatic N) is 3. The molecule has 158 valence electrons. The lowest BCUT2D eigenvalue weighted by molar-refractivity contribution is 0.0531. The van der Waals surface area contributed by atoms with E-state index in [0.717, 1.165) is 70.3 Å². The molecule has 3 rings (SSSR count). The first-order chi connectivity index (χ1) is 14.1. The van der Waals surface area contributed by atoms with Crippen molar-refractivity contribution in [3.8, 4) is 0 Å². The summed E-state index contributed by atoms with van der Waals surface area (Å²) in [6, 6.07) is 12.9. The third-order valence-corrected chi connectivity index (χ3v) is 5.66. The van der Waals surface area contributed by atoms with Crippen molar-refractivity contribution >= 4 is 5.96 Å². The average molecular weight is 398 g/mol. The van der Waals surface area contributed by atoms with Gasteiger partial charge in [0.05, 0.1) is 12.2 Å². The van der Waals surface area contributed by atoms with Gasteiger partial charge in [-0.15, -0.1) is 0 Å². The van der Waals surface area contributed by atoms with Crippen LogP contribution >= 0.6 is 0 Å². The third-order valence-electron chi connectivity index (χ3n) is 5.66. The normalized spacial score (nSPS) is 16.6. The molecule has 1 aliphatic rings. The molecule has 2 aromatic rings. The van der Waals surface area contributed by atoms with Gasteiger partial charge in [-0.1, -0.05) is 30.3 Å². The number of aliphatic imine (C=N–C) groups is 1. The van der Waals surface area contributed by atoms with Crippen LogP contribution in [-0.2, 0) is 16.7 Å². The molecule has 6 nitrogen and oxygen atoms in total. The molecule has 1 aromatic carbocycles. The maximum Gasteiger partial charge on any atom is 0.191 e. The zero-order valence-corrected chi connectivity index (χ0v) is 18.1. The predicted molar refractivity (Wildman–Crippen MR) is 118 cm³/mol. The molecular weight excluding hydrogens is 362 g/mol. The molecule has 0 amide bonds. The fourth-order valence-electron chi connectivity index (χ4n) is 4.00. The first-order valence-corrected chi connectivity index (χ1v) is 10.8. The molecule has 0 aliphatic carbocycles. The molecule has 0 bridgehead atoms. The zero-order valence-electron chi connectivity index (χ0n) is 18.1. The predicted octanol–water partition coefficient (Wildman–Crippen LogP) is 3.19. The highest BCUT2D eigenvalue weighted by atomic mass is 16.5. The van der Waals surface area contributed by atoms with E-state index < -0.39 is 0 Å². The number of hydrogen-bond acceptors (Lipinski definition) is 3. The summed E-state index contributed by atoms with van der Waals surface area (Å²) in [4.78, 5) is 4.97. The van der Waals surface area contributed by atoms with Crippen molar-refractivity contribution in [1.82, 2.24) is 20.4 Å². The lowest BCUT2D eigenvalue weighted by Gasteiger charge is -2.36. The van der Waals surface area contributed by atoms with E-state index in [1.54, 1.807) is 0 Å². The molecule has 0 atom stereocenters. The van der Waals surface area contributed by atoms with Gasteiger partial charge >= 0.3 is 0 Å². The van der Waals surface area contributed by atoms with Crippen LogP contribution in [0.1, 0.15) is 43.1 Å². The van der Waals surface area contributed by atoms with Crippen LogP contribution in [0.3, 0.4) is 0 Å². The largest absolute Gasteiger partial charge is 0.381 e. The summed E-state index contributed by atoms with van der Waals surface area (Å²) in [5.74, 6) is 0.891. The maximum absolute atomic E-state index is 5.65. The Bertz CT molecular complexity index is 778. The highest BCUT2D eigenvalue weighted by molar-refractivity contribution is 5.79. The molecule has 1 saturated heterocycles. The molecule has 2 heterocycles. The van der Waals surface area contributed by atoms with E-state index in [-0.39, 0.29) is 5.41 Å². The minimum absolute atomic E-state index is 0.0611. The second-order valence-corrected chi connectivity index (χ2v) is 7.88. The summed E-state index contributed by atoms with van der Waals surface area (Å²) in [6.07, 6.45) is 3.03. The number of rotatable bonds is 8. The van der Waals surface area contributed by atoms with E-state index in [2.05, 4.69) is 70.7 Å². The van der Waals surface area contributed by atoms with Crippen LogP contribution in [0.5, 0.6) is 0 Å². The van der Waals surface area contributed by atoms with Gasteiger partial charge in [0.2, 0.25) is 0 Å². The molecule has 1 fully saturated rings. The van der Waals surface area contributed by atoms with Crippen molar-refractivity contribution in [2.75, 3.05) is 32.8 Å². The van der Waals surface area contributed by atoms with Crippen molar-refractivity contribution < 1.29 is 4.74 Å². The van der Waals surface area contributed by atoms with E-state index in [9.17, 15) is 0 Å². The first kappa shape index (κ1) is 21.4. The fourth-order valence-corrected chi connectivity index (χ4v) is 4.00. The van der Waals surface area contributed by atoms with Crippen LogP contribution < -0.4 is 10.6 Å². The van der Waals surface area contributed by atoms with Crippen molar-refractivity contribution in [2.24, 2.45) is 4.99 Å². The fraction of sp³-hybridized carbons (Fsp3) is 0.565. The molecule has 0 radical (unpaired) electrons. The second-order valence-electron chi connectivity index (χ2n) is 7.88. The Morgan fingerprint density at radius 2 is 1.93 bits per heavy atom. The molecular formula is C23H35N5O. The minimum Gasteiger partial charge on any atom is -0.381 e. The van der Waals surface area contributed by atoms with Crippen molar-refractivity contribution in [3.63, 3.8) is 0 Å². The SMILES string of the molecule is CCNC(=NCC1(c2ccccc2)CCOCC1)NCCCn1nc(C)cc1C. The third kappa shape index (κ3) is 5.82. The van der Waals surface area contributed by atoms with Crippen LogP contribution in [0.2, 0.25) is 0 Å². The number of ether oxygens (including phenoxy) is 1. The lowest BCUT2D eigenvalue weighted by Crippen LogP contribution is -2.41. The van der Waals surface area contributed by atoms with Gasteiger partial charge in [0.1, 0.15) is 0 Å². The van der Waals surface area contributed by atoms with Crippen molar-refractivity contribution in [2.45, 2.75) is 52.0 Å². The molecule has 0 unspecified atom stereocenters. The average Bonchev–Trinajstić information content (AvgIpc) is 3.07. The van der Waals surface area contributed by atoms with Gasteiger partial charge in [0, 0.05) is 44.0 Å². The van der Waals surface area contributed by atoms with Crippen LogP contribution in [0.15, 0.2) is 41.4 Å². The quantitative estimate of drug-likeness (QED) is 0.408. The van der Waals surface area contributed by atoms with Crippen molar-refractivity contribution in [1.29, 1.82) is 0 Å². The van der Waals surface area contributed by atoms with Gasteiger partial charge < -0.3 is 15.4 Å². The molecule has 0 spiro atoms. The Morgan fingerprint density at radius 3 is 2.59 bits per heavy atom. The number of aromatic nitrogens is 2. The van der Waals surface area contributed by atoms with Crippen LogP contribution in [-0.4, -0.2) is 48.6 Å². The Labute approximate surface area is 174 Å².